The molecule has 2 aromatic carbocycles. The van der Waals surface area contributed by atoms with Crippen molar-refractivity contribution < 1.29 is 14.3 Å². The molecule has 1 amide bonds. The van der Waals surface area contributed by atoms with Crippen LogP contribution in [0.25, 0.3) is 10.9 Å². The molecule has 0 atom stereocenters. The lowest BCUT2D eigenvalue weighted by atomic mass is 10.2. The maximum atomic E-state index is 12.4. The molecule has 0 aliphatic heterocycles. The highest BCUT2D eigenvalue weighted by Gasteiger charge is 2.10. The molecule has 0 saturated heterocycles. The highest BCUT2D eigenvalue weighted by molar-refractivity contribution is 9.10. The Kier molecular flexibility index (Phi) is 5.27. The van der Waals surface area contributed by atoms with E-state index in [2.05, 4.69) is 21.2 Å². The van der Waals surface area contributed by atoms with Crippen LogP contribution in [0.15, 0.2) is 57.9 Å². The second-order valence-electron chi connectivity index (χ2n) is 5.59. The van der Waals surface area contributed by atoms with Crippen molar-refractivity contribution in [3.8, 4) is 11.5 Å². The Hall–Kier alpha value is -2.80. The number of hydrogen-bond donors (Lipinski definition) is 1. The zero-order valence-corrected chi connectivity index (χ0v) is 15.9. The number of halogens is 1. The summed E-state index contributed by atoms with van der Waals surface area (Å²) < 4.78 is 13.0. The standard InChI is InChI=1S/C19H17BrN2O4/c1-25-17-6-4-13(10-18(17)26-2)21-19(24)11-22-8-7-16(23)14-9-12(20)3-5-15(14)22/h3-10H,11H2,1-2H3,(H,21,24). The van der Waals surface area contributed by atoms with Crippen LogP contribution in [-0.2, 0) is 11.3 Å². The van der Waals surface area contributed by atoms with Crippen molar-refractivity contribution in [2.45, 2.75) is 6.54 Å². The Bertz CT molecular complexity index is 1030. The monoisotopic (exact) mass is 416 g/mol. The highest BCUT2D eigenvalue weighted by atomic mass is 79.9. The van der Waals surface area contributed by atoms with Crippen molar-refractivity contribution >= 4 is 38.4 Å². The van der Waals surface area contributed by atoms with E-state index in [0.29, 0.717) is 28.1 Å². The van der Waals surface area contributed by atoms with Crippen LogP contribution < -0.4 is 20.2 Å². The van der Waals surface area contributed by atoms with E-state index in [1.165, 1.54) is 13.2 Å². The summed E-state index contributed by atoms with van der Waals surface area (Å²) in [5.41, 5.74) is 1.21. The molecule has 0 aliphatic carbocycles. The highest BCUT2D eigenvalue weighted by Crippen LogP contribution is 2.29. The Balaban J connectivity index is 1.84. The van der Waals surface area contributed by atoms with Crippen LogP contribution in [0.2, 0.25) is 0 Å². The third-order valence-corrected chi connectivity index (χ3v) is 4.41. The van der Waals surface area contributed by atoms with Crippen molar-refractivity contribution in [2.75, 3.05) is 19.5 Å². The number of amides is 1. The van der Waals surface area contributed by atoms with Gasteiger partial charge in [0.15, 0.2) is 16.9 Å². The predicted octanol–water partition coefficient (Wildman–Crippen LogP) is 3.42. The Labute approximate surface area is 158 Å². The lowest BCUT2D eigenvalue weighted by molar-refractivity contribution is -0.116. The minimum atomic E-state index is -0.218. The van der Waals surface area contributed by atoms with E-state index in [9.17, 15) is 9.59 Å². The lowest BCUT2D eigenvalue weighted by Crippen LogP contribution is -2.20. The predicted molar refractivity (Wildman–Crippen MR) is 104 cm³/mol. The number of nitrogens with one attached hydrogen (secondary N) is 1. The second kappa shape index (κ2) is 7.61. The quantitative estimate of drug-likeness (QED) is 0.691. The minimum Gasteiger partial charge on any atom is -0.493 e. The van der Waals surface area contributed by atoms with E-state index in [0.717, 1.165) is 4.47 Å². The third kappa shape index (κ3) is 3.72. The Morgan fingerprint density at radius 2 is 1.85 bits per heavy atom. The summed E-state index contributed by atoms with van der Waals surface area (Å²) in [5.74, 6) is 0.900. The average molecular weight is 417 g/mol. The summed E-state index contributed by atoms with van der Waals surface area (Å²) in [6.45, 7) is 0.0761. The van der Waals surface area contributed by atoms with Gasteiger partial charge in [-0.25, -0.2) is 0 Å². The second-order valence-corrected chi connectivity index (χ2v) is 6.50. The van der Waals surface area contributed by atoms with Crippen molar-refractivity contribution in [3.63, 3.8) is 0 Å². The molecule has 26 heavy (non-hydrogen) atoms. The first-order valence-electron chi connectivity index (χ1n) is 7.82. The molecule has 1 N–H and O–H groups in total. The number of anilines is 1. The van der Waals surface area contributed by atoms with Crippen molar-refractivity contribution in [1.29, 1.82) is 0 Å². The van der Waals surface area contributed by atoms with Crippen molar-refractivity contribution in [2.24, 2.45) is 0 Å². The van der Waals surface area contributed by atoms with Gasteiger partial charge in [-0.15, -0.1) is 0 Å². The number of rotatable bonds is 5. The molecule has 0 saturated carbocycles. The number of pyridine rings is 1. The van der Waals surface area contributed by atoms with Gasteiger partial charge in [0.05, 0.1) is 19.7 Å². The first-order chi connectivity index (χ1) is 12.5. The Morgan fingerprint density at radius 3 is 2.58 bits per heavy atom. The van der Waals surface area contributed by atoms with E-state index >= 15 is 0 Å². The topological polar surface area (TPSA) is 69.6 Å². The number of methoxy groups -OCH3 is 2. The van der Waals surface area contributed by atoms with E-state index in [4.69, 9.17) is 9.47 Å². The number of aromatic nitrogens is 1. The van der Waals surface area contributed by atoms with Crippen molar-refractivity contribution in [3.05, 3.63) is 63.4 Å². The van der Waals surface area contributed by atoms with Crippen LogP contribution >= 0.6 is 15.9 Å². The van der Waals surface area contributed by atoms with Gasteiger partial charge >= 0.3 is 0 Å². The molecule has 0 radical (unpaired) electrons. The van der Waals surface area contributed by atoms with E-state index in [1.54, 1.807) is 42.1 Å². The number of carbonyl (C=O) groups excluding carboxylic acids is 1. The molecule has 3 rings (SSSR count). The fourth-order valence-electron chi connectivity index (χ4n) is 2.69. The van der Waals surface area contributed by atoms with Crippen LogP contribution in [0.3, 0.4) is 0 Å². The average Bonchev–Trinajstić information content (AvgIpc) is 2.64. The molecule has 0 spiro atoms. The zero-order valence-electron chi connectivity index (χ0n) is 14.3. The fraction of sp³-hybridized carbons (Fsp3) is 0.158. The summed E-state index contributed by atoms with van der Waals surface area (Å²) >= 11 is 3.36. The molecule has 0 aliphatic rings. The summed E-state index contributed by atoms with van der Waals surface area (Å²) in [7, 11) is 3.09. The zero-order chi connectivity index (χ0) is 18.7. The van der Waals surface area contributed by atoms with E-state index in [1.807, 2.05) is 12.1 Å². The van der Waals surface area contributed by atoms with Gasteiger partial charge in [-0.2, -0.15) is 0 Å². The molecule has 1 heterocycles. The van der Waals surface area contributed by atoms with Crippen LogP contribution in [-0.4, -0.2) is 24.7 Å². The van der Waals surface area contributed by atoms with Gasteiger partial charge in [0.1, 0.15) is 6.54 Å². The van der Waals surface area contributed by atoms with Gasteiger partial charge in [0.2, 0.25) is 5.91 Å². The first kappa shape index (κ1) is 18.0. The minimum absolute atomic E-state index is 0.0761. The molecule has 3 aromatic rings. The van der Waals surface area contributed by atoms with Gasteiger partial charge in [-0.3, -0.25) is 9.59 Å². The summed E-state index contributed by atoms with van der Waals surface area (Å²) in [6, 6.07) is 12.0. The maximum Gasteiger partial charge on any atom is 0.244 e. The number of nitrogens with zero attached hydrogens (tertiary/aromatic N) is 1. The summed E-state index contributed by atoms with van der Waals surface area (Å²) in [6.07, 6.45) is 1.62. The third-order valence-electron chi connectivity index (χ3n) is 3.92. The van der Waals surface area contributed by atoms with Gasteiger partial charge in [0, 0.05) is 33.9 Å². The first-order valence-corrected chi connectivity index (χ1v) is 8.61. The smallest absolute Gasteiger partial charge is 0.244 e. The number of ether oxygens (including phenoxy) is 2. The normalized spacial score (nSPS) is 10.6. The molecule has 134 valence electrons. The lowest BCUT2D eigenvalue weighted by Gasteiger charge is -2.13. The van der Waals surface area contributed by atoms with E-state index in [-0.39, 0.29) is 17.9 Å². The van der Waals surface area contributed by atoms with Crippen LogP contribution in [0, 0.1) is 0 Å². The van der Waals surface area contributed by atoms with Gasteiger partial charge < -0.3 is 19.4 Å². The van der Waals surface area contributed by atoms with E-state index < -0.39 is 0 Å². The molecule has 1 aromatic heterocycles. The number of benzene rings is 2. The van der Waals surface area contributed by atoms with Gasteiger partial charge in [-0.05, 0) is 30.3 Å². The molecular formula is C19H17BrN2O4. The molecule has 7 heteroatoms. The molecule has 0 bridgehead atoms. The van der Waals surface area contributed by atoms with Gasteiger partial charge in [0.25, 0.3) is 0 Å². The van der Waals surface area contributed by atoms with Crippen LogP contribution in [0.4, 0.5) is 5.69 Å². The van der Waals surface area contributed by atoms with Crippen LogP contribution in [0.5, 0.6) is 11.5 Å². The summed E-state index contributed by atoms with van der Waals surface area (Å²) in [4.78, 5) is 24.5. The molecule has 6 nitrogen and oxygen atoms in total. The number of hydrogen-bond acceptors (Lipinski definition) is 4. The van der Waals surface area contributed by atoms with Crippen molar-refractivity contribution in [1.82, 2.24) is 4.57 Å². The fourth-order valence-corrected chi connectivity index (χ4v) is 3.05. The largest absolute Gasteiger partial charge is 0.493 e. The maximum absolute atomic E-state index is 12.4. The molecular weight excluding hydrogens is 400 g/mol. The number of carbonyl (C=O) groups is 1. The SMILES string of the molecule is COc1ccc(NC(=O)Cn2ccc(=O)c3cc(Br)ccc32)cc1OC. The number of fused-ring (bicyclic) bond motifs is 1. The molecule has 0 unspecified atom stereocenters. The Morgan fingerprint density at radius 1 is 1.08 bits per heavy atom. The summed E-state index contributed by atoms with van der Waals surface area (Å²) in [5, 5.41) is 3.38. The molecule has 0 fully saturated rings. The van der Waals surface area contributed by atoms with Crippen LogP contribution in [0.1, 0.15) is 0 Å². The van der Waals surface area contributed by atoms with Gasteiger partial charge in [-0.1, -0.05) is 15.9 Å².